The summed E-state index contributed by atoms with van der Waals surface area (Å²) in [5, 5.41) is 14.1. The molecule has 0 saturated heterocycles. The molecule has 1 fully saturated rings. The van der Waals surface area contributed by atoms with Crippen molar-refractivity contribution in [3.8, 4) is 0 Å². The van der Waals surface area contributed by atoms with E-state index in [0.29, 0.717) is 12.2 Å². The molecule has 0 radical (unpaired) electrons. The summed E-state index contributed by atoms with van der Waals surface area (Å²) in [5.41, 5.74) is 0.744. The van der Waals surface area contributed by atoms with Crippen LogP contribution in [0.2, 0.25) is 0 Å². The summed E-state index contributed by atoms with van der Waals surface area (Å²) in [6.45, 7) is 0.497. The molecule has 3 rings (SSSR count). The third kappa shape index (κ3) is 3.63. The van der Waals surface area contributed by atoms with Gasteiger partial charge >= 0.3 is 0 Å². The summed E-state index contributed by atoms with van der Waals surface area (Å²) in [4.78, 5) is 9.97. The zero-order chi connectivity index (χ0) is 18.2. The predicted molar refractivity (Wildman–Crippen MR) is 92.0 cm³/mol. The summed E-state index contributed by atoms with van der Waals surface area (Å²) in [7, 11) is -3.73. The summed E-state index contributed by atoms with van der Waals surface area (Å²) in [6.07, 6.45) is 2.74. The molecule has 8 heteroatoms. The van der Waals surface area contributed by atoms with Gasteiger partial charge in [0.15, 0.2) is 9.84 Å². The molecule has 25 heavy (non-hydrogen) atoms. The Kier molecular flexibility index (Phi) is 4.24. The molecule has 0 bridgehead atoms. The van der Waals surface area contributed by atoms with Crippen LogP contribution in [-0.2, 0) is 15.3 Å². The zero-order valence-electron chi connectivity index (χ0n) is 13.5. The summed E-state index contributed by atoms with van der Waals surface area (Å²) >= 11 is 0. The van der Waals surface area contributed by atoms with Crippen LogP contribution in [0.25, 0.3) is 0 Å². The molecule has 1 aliphatic rings. The zero-order valence-corrected chi connectivity index (χ0v) is 14.3. The second-order valence-electron chi connectivity index (χ2n) is 6.36. The molecule has 0 aliphatic heterocycles. The van der Waals surface area contributed by atoms with Crippen molar-refractivity contribution >= 4 is 21.2 Å². The molecule has 0 aromatic heterocycles. The van der Waals surface area contributed by atoms with Crippen LogP contribution in [0.3, 0.4) is 0 Å². The molecule has 132 valence electrons. The first-order valence-electron chi connectivity index (χ1n) is 7.70. The van der Waals surface area contributed by atoms with Gasteiger partial charge in [-0.3, -0.25) is 10.1 Å². The number of hydrogen-bond donors (Lipinski definition) is 1. The summed E-state index contributed by atoms with van der Waals surface area (Å²) < 4.78 is 37.1. The van der Waals surface area contributed by atoms with Gasteiger partial charge in [-0.1, -0.05) is 12.1 Å². The van der Waals surface area contributed by atoms with Crippen molar-refractivity contribution in [2.75, 3.05) is 18.1 Å². The molecule has 0 unspecified atom stereocenters. The van der Waals surface area contributed by atoms with E-state index in [1.54, 1.807) is 6.07 Å². The van der Waals surface area contributed by atoms with E-state index >= 15 is 0 Å². The van der Waals surface area contributed by atoms with Crippen LogP contribution in [0.1, 0.15) is 18.4 Å². The molecule has 0 heterocycles. The molecule has 0 spiro atoms. The number of rotatable bonds is 6. The topological polar surface area (TPSA) is 89.3 Å². The maximum absolute atomic E-state index is 13.4. The minimum Gasteiger partial charge on any atom is -0.384 e. The van der Waals surface area contributed by atoms with E-state index in [0.717, 1.165) is 24.7 Å². The van der Waals surface area contributed by atoms with Gasteiger partial charge in [0.05, 0.1) is 4.92 Å². The van der Waals surface area contributed by atoms with Gasteiger partial charge < -0.3 is 5.32 Å². The van der Waals surface area contributed by atoms with E-state index in [1.165, 1.54) is 30.3 Å². The van der Waals surface area contributed by atoms with E-state index in [1.807, 2.05) is 6.07 Å². The Morgan fingerprint density at radius 3 is 2.52 bits per heavy atom. The monoisotopic (exact) mass is 364 g/mol. The van der Waals surface area contributed by atoms with Crippen LogP contribution in [0, 0.1) is 15.9 Å². The van der Waals surface area contributed by atoms with Crippen LogP contribution < -0.4 is 5.32 Å². The van der Waals surface area contributed by atoms with Crippen molar-refractivity contribution in [1.82, 2.24) is 0 Å². The quantitative estimate of drug-likeness (QED) is 0.628. The second kappa shape index (κ2) is 6.11. The van der Waals surface area contributed by atoms with Gasteiger partial charge in [-0.05, 0) is 42.7 Å². The molecule has 1 aliphatic carbocycles. The van der Waals surface area contributed by atoms with Crippen LogP contribution >= 0.6 is 0 Å². The largest absolute Gasteiger partial charge is 0.384 e. The number of halogens is 1. The number of nitrogens with one attached hydrogen (secondary N) is 1. The van der Waals surface area contributed by atoms with E-state index in [9.17, 15) is 22.9 Å². The molecule has 1 saturated carbocycles. The average Bonchev–Trinajstić information content (AvgIpc) is 3.33. The number of sulfone groups is 1. The third-order valence-electron chi connectivity index (χ3n) is 4.48. The average molecular weight is 364 g/mol. The highest BCUT2D eigenvalue weighted by molar-refractivity contribution is 7.90. The lowest BCUT2D eigenvalue weighted by molar-refractivity contribution is -0.387. The summed E-state index contributed by atoms with van der Waals surface area (Å²) in [6, 6.07) is 10.4. The Hall–Kier alpha value is -2.48. The van der Waals surface area contributed by atoms with Gasteiger partial charge in [0, 0.05) is 30.0 Å². The lowest BCUT2D eigenvalue weighted by atomic mass is 9.96. The van der Waals surface area contributed by atoms with Gasteiger partial charge in [0.2, 0.25) is 0 Å². The Labute approximate surface area is 144 Å². The van der Waals surface area contributed by atoms with Crippen LogP contribution in [0.15, 0.2) is 47.4 Å². The Balaban J connectivity index is 1.84. The Morgan fingerprint density at radius 1 is 1.24 bits per heavy atom. The molecular formula is C17H17FN2O4S. The number of hydrogen-bond acceptors (Lipinski definition) is 5. The van der Waals surface area contributed by atoms with Crippen LogP contribution in [-0.4, -0.2) is 26.1 Å². The van der Waals surface area contributed by atoms with E-state index in [-0.39, 0.29) is 16.1 Å². The van der Waals surface area contributed by atoms with Crippen LogP contribution in [0.4, 0.5) is 15.8 Å². The molecule has 0 atom stereocenters. The third-order valence-corrected chi connectivity index (χ3v) is 5.60. The molecule has 1 N–H and O–H groups in total. The van der Waals surface area contributed by atoms with Crippen LogP contribution in [0.5, 0.6) is 0 Å². The first-order valence-corrected chi connectivity index (χ1v) is 9.59. The first kappa shape index (κ1) is 17.3. The highest BCUT2D eigenvalue weighted by Gasteiger charge is 2.44. The van der Waals surface area contributed by atoms with Gasteiger partial charge in [-0.25, -0.2) is 12.8 Å². The molecular weight excluding hydrogens is 347 g/mol. The van der Waals surface area contributed by atoms with Crippen molar-refractivity contribution < 1.29 is 17.7 Å². The van der Waals surface area contributed by atoms with E-state index in [2.05, 4.69) is 5.32 Å². The molecule has 0 amide bonds. The van der Waals surface area contributed by atoms with E-state index < -0.39 is 20.4 Å². The minimum absolute atomic E-state index is 0.185. The second-order valence-corrected chi connectivity index (χ2v) is 8.34. The predicted octanol–water partition coefficient (Wildman–Crippen LogP) is 3.28. The van der Waals surface area contributed by atoms with Gasteiger partial charge in [0.1, 0.15) is 10.7 Å². The van der Waals surface area contributed by atoms with Crippen molar-refractivity contribution in [3.63, 3.8) is 0 Å². The normalized spacial score (nSPS) is 15.6. The van der Waals surface area contributed by atoms with Crippen molar-refractivity contribution in [2.45, 2.75) is 23.2 Å². The Bertz CT molecular complexity index is 939. The maximum Gasteiger partial charge on any atom is 0.288 e. The lowest BCUT2D eigenvalue weighted by Crippen LogP contribution is -2.20. The fourth-order valence-electron chi connectivity index (χ4n) is 2.88. The van der Waals surface area contributed by atoms with Crippen molar-refractivity contribution in [1.29, 1.82) is 0 Å². The highest BCUT2D eigenvalue weighted by atomic mass is 32.2. The lowest BCUT2D eigenvalue weighted by Gasteiger charge is -2.18. The van der Waals surface area contributed by atoms with Crippen molar-refractivity contribution in [2.24, 2.45) is 0 Å². The smallest absolute Gasteiger partial charge is 0.288 e. The standard InChI is InChI=1S/C17H17FN2O4S/c1-25(23,24)16-10-14(5-6-15(16)20(21)22)19-11-17(7-8-17)12-3-2-4-13(18)9-12/h2-6,9-10,19H,7-8,11H2,1H3. The minimum atomic E-state index is -3.73. The first-order chi connectivity index (χ1) is 11.7. The number of nitro groups is 1. The number of benzene rings is 2. The molecule has 2 aromatic rings. The van der Waals surface area contributed by atoms with Gasteiger partial charge in [-0.15, -0.1) is 0 Å². The highest BCUT2D eigenvalue weighted by Crippen LogP contribution is 2.48. The van der Waals surface area contributed by atoms with Crippen molar-refractivity contribution in [3.05, 3.63) is 64.0 Å². The number of nitrogens with zero attached hydrogens (tertiary/aromatic N) is 1. The molecule has 6 nitrogen and oxygen atoms in total. The molecule has 2 aromatic carbocycles. The van der Waals surface area contributed by atoms with Gasteiger partial charge in [0.25, 0.3) is 5.69 Å². The Morgan fingerprint density at radius 2 is 1.96 bits per heavy atom. The number of anilines is 1. The number of nitro benzene ring substituents is 1. The SMILES string of the molecule is CS(=O)(=O)c1cc(NCC2(c3cccc(F)c3)CC2)ccc1[N+](=O)[O-]. The van der Waals surface area contributed by atoms with Gasteiger partial charge in [-0.2, -0.15) is 0 Å². The van der Waals surface area contributed by atoms with E-state index in [4.69, 9.17) is 0 Å². The fourth-order valence-corrected chi connectivity index (χ4v) is 3.74. The summed E-state index contributed by atoms with van der Waals surface area (Å²) in [5.74, 6) is -0.293. The fraction of sp³-hybridized carbons (Fsp3) is 0.294. The maximum atomic E-state index is 13.4.